The van der Waals surface area contributed by atoms with Gasteiger partial charge in [0.2, 0.25) is 10.0 Å². The van der Waals surface area contributed by atoms with Gasteiger partial charge in [-0.15, -0.1) is 0 Å². The first-order valence-electron chi connectivity index (χ1n) is 5.82. The Kier molecular flexibility index (Phi) is 4.72. The smallest absolute Gasteiger partial charge is 0.238 e. The summed E-state index contributed by atoms with van der Waals surface area (Å²) in [6.45, 7) is 4.14. The number of nitrogens with one attached hydrogen (secondary N) is 1. The predicted molar refractivity (Wildman–Crippen MR) is 71.8 cm³/mol. The maximum Gasteiger partial charge on any atom is 0.238 e. The molecule has 0 saturated carbocycles. The fraction of sp³-hybridized carbons (Fsp3) is 0.500. The van der Waals surface area contributed by atoms with Crippen LogP contribution in [0.1, 0.15) is 26.7 Å². The van der Waals surface area contributed by atoms with E-state index < -0.39 is 10.0 Å². The molecule has 1 atom stereocenters. The lowest BCUT2D eigenvalue weighted by atomic mass is 9.94. The molecule has 18 heavy (non-hydrogen) atoms. The molecule has 0 bridgehead atoms. The molecule has 0 aliphatic rings. The van der Waals surface area contributed by atoms with Crippen LogP contribution in [0.25, 0.3) is 0 Å². The average molecular weight is 272 g/mol. The van der Waals surface area contributed by atoms with E-state index >= 15 is 0 Å². The lowest BCUT2D eigenvalue weighted by Crippen LogP contribution is -2.34. The van der Waals surface area contributed by atoms with Crippen LogP contribution in [0.5, 0.6) is 0 Å². The third-order valence-corrected chi connectivity index (χ3v) is 4.00. The van der Waals surface area contributed by atoms with E-state index in [1.54, 1.807) is 12.1 Å². The highest BCUT2D eigenvalue weighted by Gasteiger charge is 2.20. The number of hydrogen-bond donors (Lipinski definition) is 3. The lowest BCUT2D eigenvalue weighted by Gasteiger charge is -2.30. The van der Waals surface area contributed by atoms with Crippen molar-refractivity contribution in [1.82, 2.24) is 0 Å². The maximum atomic E-state index is 11.1. The van der Waals surface area contributed by atoms with Crippen molar-refractivity contribution in [1.29, 1.82) is 0 Å². The van der Waals surface area contributed by atoms with Crippen molar-refractivity contribution in [2.45, 2.75) is 37.1 Å². The molecule has 1 aromatic rings. The van der Waals surface area contributed by atoms with E-state index in [1.807, 2.05) is 13.8 Å². The van der Waals surface area contributed by atoms with Gasteiger partial charge in [-0.05, 0) is 44.0 Å². The van der Waals surface area contributed by atoms with E-state index in [2.05, 4.69) is 5.32 Å². The topological polar surface area (TPSA) is 92.4 Å². The molecule has 0 amide bonds. The number of hydrogen-bond acceptors (Lipinski definition) is 4. The molecule has 5 nitrogen and oxygen atoms in total. The van der Waals surface area contributed by atoms with Crippen molar-refractivity contribution < 1.29 is 13.5 Å². The Bertz CT molecular complexity index is 485. The molecule has 1 rings (SSSR count). The van der Waals surface area contributed by atoms with Crippen LogP contribution in [-0.2, 0) is 10.0 Å². The fourth-order valence-corrected chi connectivity index (χ4v) is 2.17. The zero-order chi connectivity index (χ0) is 13.8. The molecular weight excluding hydrogens is 252 g/mol. The van der Waals surface area contributed by atoms with Crippen LogP contribution in [0.4, 0.5) is 5.69 Å². The van der Waals surface area contributed by atoms with E-state index in [1.165, 1.54) is 12.1 Å². The van der Waals surface area contributed by atoms with Crippen molar-refractivity contribution in [3.05, 3.63) is 24.3 Å². The Labute approximate surface area is 108 Å². The largest absolute Gasteiger partial charge is 0.396 e. The van der Waals surface area contributed by atoms with E-state index in [0.29, 0.717) is 6.42 Å². The van der Waals surface area contributed by atoms with E-state index in [9.17, 15) is 8.42 Å². The first kappa shape index (κ1) is 14.9. The quantitative estimate of drug-likeness (QED) is 0.727. The van der Waals surface area contributed by atoms with Crippen molar-refractivity contribution in [3.8, 4) is 0 Å². The molecule has 0 heterocycles. The van der Waals surface area contributed by atoms with Gasteiger partial charge in [-0.25, -0.2) is 13.6 Å². The molecular formula is C12H20N2O3S. The summed E-state index contributed by atoms with van der Waals surface area (Å²) in [6, 6.07) is 6.27. The molecule has 1 unspecified atom stereocenters. The Morgan fingerprint density at radius 3 is 2.28 bits per heavy atom. The first-order chi connectivity index (χ1) is 8.30. The van der Waals surface area contributed by atoms with Gasteiger partial charge in [0.15, 0.2) is 0 Å². The second-order valence-corrected chi connectivity index (χ2v) is 6.14. The molecule has 4 N–H and O–H groups in total. The van der Waals surface area contributed by atoms with Crippen LogP contribution in [0, 0.1) is 0 Å². The molecule has 0 saturated heterocycles. The summed E-state index contributed by atoms with van der Waals surface area (Å²) in [4.78, 5) is 0.0911. The Morgan fingerprint density at radius 1 is 1.33 bits per heavy atom. The maximum absolute atomic E-state index is 11.1. The number of aliphatic hydroxyl groups excluding tert-OH is 1. The third kappa shape index (κ3) is 3.97. The molecule has 0 fully saturated rings. The van der Waals surface area contributed by atoms with Crippen molar-refractivity contribution in [2.75, 3.05) is 11.9 Å². The van der Waals surface area contributed by atoms with Gasteiger partial charge in [0, 0.05) is 17.8 Å². The number of aliphatic hydroxyl groups is 1. The van der Waals surface area contributed by atoms with Gasteiger partial charge < -0.3 is 10.4 Å². The highest BCUT2D eigenvalue weighted by molar-refractivity contribution is 7.89. The predicted octanol–water partition coefficient (Wildman–Crippen LogP) is 1.30. The fourth-order valence-electron chi connectivity index (χ4n) is 1.65. The molecule has 102 valence electrons. The minimum atomic E-state index is -3.65. The summed E-state index contributed by atoms with van der Waals surface area (Å²) in [6.07, 6.45) is 1.48. The van der Waals surface area contributed by atoms with Gasteiger partial charge in [0.1, 0.15) is 0 Å². The Balaban J connectivity index is 2.87. The molecule has 0 spiro atoms. The summed E-state index contributed by atoms with van der Waals surface area (Å²) in [5.74, 6) is 0. The number of anilines is 1. The molecule has 0 aliphatic carbocycles. The zero-order valence-corrected chi connectivity index (χ0v) is 11.5. The third-order valence-electron chi connectivity index (χ3n) is 3.07. The van der Waals surface area contributed by atoms with Gasteiger partial charge in [-0.2, -0.15) is 0 Å². The van der Waals surface area contributed by atoms with Gasteiger partial charge in [0.05, 0.1) is 4.90 Å². The van der Waals surface area contributed by atoms with E-state index in [0.717, 1.165) is 12.1 Å². The average Bonchev–Trinajstić information content (AvgIpc) is 2.29. The number of sulfonamides is 1. The highest BCUT2D eigenvalue weighted by atomic mass is 32.2. The monoisotopic (exact) mass is 272 g/mol. The van der Waals surface area contributed by atoms with Crippen LogP contribution in [-0.4, -0.2) is 25.7 Å². The summed E-state index contributed by atoms with van der Waals surface area (Å²) >= 11 is 0. The van der Waals surface area contributed by atoms with Crippen LogP contribution >= 0.6 is 0 Å². The highest BCUT2D eigenvalue weighted by Crippen LogP contribution is 2.22. The van der Waals surface area contributed by atoms with E-state index in [-0.39, 0.29) is 17.0 Å². The number of benzene rings is 1. The summed E-state index contributed by atoms with van der Waals surface area (Å²) in [7, 11) is -3.65. The summed E-state index contributed by atoms with van der Waals surface area (Å²) in [5, 5.41) is 17.3. The summed E-state index contributed by atoms with van der Waals surface area (Å²) in [5.41, 5.74) is 0.595. The lowest BCUT2D eigenvalue weighted by molar-refractivity contribution is 0.252. The standard InChI is InChI=1S/C12H20N2O3S/c1-3-12(2,8-9-15)14-10-4-6-11(7-5-10)18(13,16)17/h4-7,14-15H,3,8-9H2,1-2H3,(H2,13,16,17). The second kappa shape index (κ2) is 5.69. The van der Waals surface area contributed by atoms with Gasteiger partial charge in [-0.1, -0.05) is 6.92 Å². The van der Waals surface area contributed by atoms with Crippen LogP contribution in [0.2, 0.25) is 0 Å². The molecule has 0 aromatic heterocycles. The molecule has 0 radical (unpaired) electrons. The van der Waals surface area contributed by atoms with Crippen LogP contribution < -0.4 is 10.5 Å². The van der Waals surface area contributed by atoms with E-state index in [4.69, 9.17) is 10.2 Å². The Morgan fingerprint density at radius 2 is 1.89 bits per heavy atom. The van der Waals surface area contributed by atoms with Crippen molar-refractivity contribution in [3.63, 3.8) is 0 Å². The number of nitrogens with two attached hydrogens (primary N) is 1. The second-order valence-electron chi connectivity index (χ2n) is 4.58. The number of primary sulfonamides is 1. The van der Waals surface area contributed by atoms with Crippen molar-refractivity contribution >= 4 is 15.7 Å². The van der Waals surface area contributed by atoms with Crippen LogP contribution in [0.15, 0.2) is 29.2 Å². The SMILES string of the molecule is CCC(C)(CCO)Nc1ccc(S(N)(=O)=O)cc1. The summed E-state index contributed by atoms with van der Waals surface area (Å²) < 4.78 is 22.2. The van der Waals surface area contributed by atoms with Gasteiger partial charge in [-0.3, -0.25) is 0 Å². The molecule has 1 aromatic carbocycles. The first-order valence-corrected chi connectivity index (χ1v) is 7.37. The zero-order valence-electron chi connectivity index (χ0n) is 10.7. The van der Waals surface area contributed by atoms with Gasteiger partial charge in [0.25, 0.3) is 0 Å². The normalized spacial score (nSPS) is 15.1. The minimum Gasteiger partial charge on any atom is -0.396 e. The Hall–Kier alpha value is -1.11. The molecule has 0 aliphatic heterocycles. The number of rotatable bonds is 6. The van der Waals surface area contributed by atoms with Crippen molar-refractivity contribution in [2.24, 2.45) is 5.14 Å². The molecule has 6 heteroatoms. The minimum absolute atomic E-state index is 0.0911. The van der Waals surface area contributed by atoms with Gasteiger partial charge >= 0.3 is 0 Å². The van der Waals surface area contributed by atoms with Crippen LogP contribution in [0.3, 0.4) is 0 Å².